The molecule has 0 spiro atoms. The minimum absolute atomic E-state index is 0.0681. The van der Waals surface area contributed by atoms with Gasteiger partial charge in [-0.15, -0.1) is 0 Å². The Morgan fingerprint density at radius 1 is 1.26 bits per heavy atom. The summed E-state index contributed by atoms with van der Waals surface area (Å²) in [6, 6.07) is 1.89. The number of hydrogen-bond donors (Lipinski definition) is 0. The van der Waals surface area contributed by atoms with E-state index in [1.54, 1.807) is 0 Å². The van der Waals surface area contributed by atoms with Crippen molar-refractivity contribution in [3.63, 3.8) is 0 Å². The maximum Gasteiger partial charge on any atom is 0.137 e. The van der Waals surface area contributed by atoms with E-state index < -0.39 is 0 Å². The zero-order valence-electron chi connectivity index (χ0n) is 12.4. The van der Waals surface area contributed by atoms with E-state index >= 15 is 0 Å². The van der Waals surface area contributed by atoms with E-state index in [1.807, 2.05) is 6.07 Å². The molecule has 4 heteroatoms. The molecule has 2 rings (SSSR count). The zero-order valence-corrected chi connectivity index (χ0v) is 13.2. The number of anilines is 1. The molecule has 0 amide bonds. The third-order valence-corrected chi connectivity index (χ3v) is 4.06. The molecule has 3 nitrogen and oxygen atoms in total. The first kappa shape index (κ1) is 14.6. The van der Waals surface area contributed by atoms with Crippen molar-refractivity contribution in [3.05, 3.63) is 17.0 Å². The van der Waals surface area contributed by atoms with Crippen LogP contribution in [0.25, 0.3) is 0 Å². The van der Waals surface area contributed by atoms with Gasteiger partial charge in [0.25, 0.3) is 0 Å². The Morgan fingerprint density at radius 3 is 2.42 bits per heavy atom. The molecule has 0 radical (unpaired) electrons. The van der Waals surface area contributed by atoms with Crippen molar-refractivity contribution >= 4 is 17.4 Å². The van der Waals surface area contributed by atoms with Gasteiger partial charge in [-0.1, -0.05) is 45.7 Å². The van der Waals surface area contributed by atoms with Crippen LogP contribution in [0.3, 0.4) is 0 Å². The number of aromatic nitrogens is 2. The molecular weight excluding hydrogens is 258 g/mol. The predicted octanol–water partition coefficient (Wildman–Crippen LogP) is 4.05. The van der Waals surface area contributed by atoms with Crippen molar-refractivity contribution in [1.29, 1.82) is 0 Å². The number of nitrogens with zero attached hydrogens (tertiary/aromatic N) is 3. The van der Waals surface area contributed by atoms with Crippen LogP contribution in [0.15, 0.2) is 6.07 Å². The maximum absolute atomic E-state index is 6.15. The van der Waals surface area contributed by atoms with Crippen molar-refractivity contribution < 1.29 is 0 Å². The molecule has 1 aromatic heterocycles. The SMILES string of the molecule is CCC1CCN(c2cc(Cl)nc(C(C)(C)C)n2)CC1. The highest BCUT2D eigenvalue weighted by atomic mass is 35.5. The quantitative estimate of drug-likeness (QED) is 0.766. The van der Waals surface area contributed by atoms with E-state index in [9.17, 15) is 0 Å². The summed E-state index contributed by atoms with van der Waals surface area (Å²) in [5.74, 6) is 2.68. The van der Waals surface area contributed by atoms with Crippen LogP contribution in [0.5, 0.6) is 0 Å². The summed E-state index contributed by atoms with van der Waals surface area (Å²) in [6.07, 6.45) is 3.79. The maximum atomic E-state index is 6.15. The molecule has 0 atom stereocenters. The van der Waals surface area contributed by atoms with Gasteiger partial charge in [0.15, 0.2) is 0 Å². The van der Waals surface area contributed by atoms with Crippen molar-refractivity contribution in [1.82, 2.24) is 9.97 Å². The van der Waals surface area contributed by atoms with E-state index in [4.69, 9.17) is 16.6 Å². The van der Waals surface area contributed by atoms with Crippen LogP contribution < -0.4 is 4.90 Å². The number of hydrogen-bond acceptors (Lipinski definition) is 3. The summed E-state index contributed by atoms with van der Waals surface area (Å²) in [5.41, 5.74) is -0.0681. The van der Waals surface area contributed by atoms with Crippen LogP contribution in [0, 0.1) is 5.92 Å². The fourth-order valence-electron chi connectivity index (χ4n) is 2.47. The van der Waals surface area contributed by atoms with E-state index in [2.05, 4.69) is 37.6 Å². The summed E-state index contributed by atoms with van der Waals surface area (Å²) >= 11 is 6.15. The van der Waals surface area contributed by atoms with Gasteiger partial charge in [0.1, 0.15) is 16.8 Å². The Balaban J connectivity index is 2.19. The van der Waals surface area contributed by atoms with E-state index in [1.165, 1.54) is 19.3 Å². The lowest BCUT2D eigenvalue weighted by molar-refractivity contribution is 0.393. The first-order chi connectivity index (χ1) is 8.90. The lowest BCUT2D eigenvalue weighted by atomic mass is 9.94. The number of piperidine rings is 1. The molecule has 1 saturated heterocycles. The fraction of sp³-hybridized carbons (Fsp3) is 0.733. The molecule has 1 fully saturated rings. The second kappa shape index (κ2) is 5.66. The van der Waals surface area contributed by atoms with Crippen LogP contribution in [0.1, 0.15) is 52.8 Å². The molecule has 0 aromatic carbocycles. The van der Waals surface area contributed by atoms with Gasteiger partial charge >= 0.3 is 0 Å². The molecule has 0 saturated carbocycles. The average molecular weight is 282 g/mol. The fourth-order valence-corrected chi connectivity index (χ4v) is 2.65. The van der Waals surface area contributed by atoms with Gasteiger partial charge in [-0.2, -0.15) is 0 Å². The summed E-state index contributed by atoms with van der Waals surface area (Å²) < 4.78 is 0. The standard InChI is InChI=1S/C15H24ClN3/c1-5-11-6-8-19(9-7-11)13-10-12(16)17-14(18-13)15(2,3)4/h10-11H,5-9H2,1-4H3. The Labute approximate surface area is 121 Å². The molecule has 1 aliphatic rings. The Hall–Kier alpha value is -0.830. The predicted molar refractivity (Wildman–Crippen MR) is 81.0 cm³/mol. The summed E-state index contributed by atoms with van der Waals surface area (Å²) in [7, 11) is 0. The van der Waals surface area contributed by atoms with Crippen LogP contribution >= 0.6 is 11.6 Å². The Kier molecular flexibility index (Phi) is 4.34. The van der Waals surface area contributed by atoms with Gasteiger partial charge < -0.3 is 4.90 Å². The van der Waals surface area contributed by atoms with Crippen molar-refractivity contribution in [2.24, 2.45) is 5.92 Å². The van der Waals surface area contributed by atoms with Crippen molar-refractivity contribution in [2.75, 3.05) is 18.0 Å². The monoisotopic (exact) mass is 281 g/mol. The minimum atomic E-state index is -0.0681. The molecule has 0 unspecified atom stereocenters. The van der Waals surface area contributed by atoms with Gasteiger partial charge in [0, 0.05) is 24.6 Å². The first-order valence-corrected chi connectivity index (χ1v) is 7.58. The zero-order chi connectivity index (χ0) is 14.0. The highest BCUT2D eigenvalue weighted by molar-refractivity contribution is 6.29. The third-order valence-electron chi connectivity index (χ3n) is 3.87. The van der Waals surface area contributed by atoms with Gasteiger partial charge in [-0.05, 0) is 18.8 Å². The van der Waals surface area contributed by atoms with Gasteiger partial charge in [-0.25, -0.2) is 9.97 Å². The molecule has 106 valence electrons. The number of halogens is 1. The summed E-state index contributed by atoms with van der Waals surface area (Å²) in [6.45, 7) is 10.8. The topological polar surface area (TPSA) is 29.0 Å². The van der Waals surface area contributed by atoms with Gasteiger partial charge in [0.2, 0.25) is 0 Å². The smallest absolute Gasteiger partial charge is 0.137 e. The first-order valence-electron chi connectivity index (χ1n) is 7.20. The lowest BCUT2D eigenvalue weighted by Gasteiger charge is -2.33. The summed E-state index contributed by atoms with van der Waals surface area (Å²) in [5, 5.41) is 0.549. The molecule has 19 heavy (non-hydrogen) atoms. The normalized spacial score (nSPS) is 17.8. The van der Waals surface area contributed by atoms with Crippen LogP contribution in [0.2, 0.25) is 5.15 Å². The third kappa shape index (κ3) is 3.59. The molecule has 2 heterocycles. The molecular formula is C15H24ClN3. The Bertz CT molecular complexity index is 432. The second-order valence-corrected chi connectivity index (χ2v) is 6.85. The molecule has 0 bridgehead atoms. The molecule has 1 aliphatic heterocycles. The average Bonchev–Trinajstić information content (AvgIpc) is 2.37. The minimum Gasteiger partial charge on any atom is -0.356 e. The highest BCUT2D eigenvalue weighted by Crippen LogP contribution is 2.27. The van der Waals surface area contributed by atoms with Crippen molar-refractivity contribution in [2.45, 2.75) is 52.4 Å². The van der Waals surface area contributed by atoms with Crippen LogP contribution in [-0.4, -0.2) is 23.1 Å². The molecule has 0 aliphatic carbocycles. The number of rotatable bonds is 2. The van der Waals surface area contributed by atoms with E-state index in [0.29, 0.717) is 5.15 Å². The van der Waals surface area contributed by atoms with E-state index in [0.717, 1.165) is 30.6 Å². The highest BCUT2D eigenvalue weighted by Gasteiger charge is 2.23. The lowest BCUT2D eigenvalue weighted by Crippen LogP contribution is -2.34. The van der Waals surface area contributed by atoms with Crippen molar-refractivity contribution in [3.8, 4) is 0 Å². The molecule has 0 N–H and O–H groups in total. The second-order valence-electron chi connectivity index (χ2n) is 6.46. The largest absolute Gasteiger partial charge is 0.356 e. The Morgan fingerprint density at radius 2 is 1.89 bits per heavy atom. The van der Waals surface area contributed by atoms with Crippen LogP contribution in [0.4, 0.5) is 5.82 Å². The van der Waals surface area contributed by atoms with Gasteiger partial charge in [-0.3, -0.25) is 0 Å². The van der Waals surface area contributed by atoms with Crippen LogP contribution in [-0.2, 0) is 5.41 Å². The van der Waals surface area contributed by atoms with Gasteiger partial charge in [0.05, 0.1) is 0 Å². The van der Waals surface area contributed by atoms with E-state index in [-0.39, 0.29) is 5.41 Å². The molecule has 1 aromatic rings. The summed E-state index contributed by atoms with van der Waals surface area (Å²) in [4.78, 5) is 11.4.